The first-order valence-corrected chi connectivity index (χ1v) is 11.6. The molecule has 1 aliphatic carbocycles. The number of amides is 3. The van der Waals surface area contributed by atoms with Gasteiger partial charge in [-0.3, -0.25) is 4.79 Å². The third-order valence-corrected chi connectivity index (χ3v) is 6.35. The number of aliphatic carboxylic acids is 1. The molecule has 3 fully saturated rings. The van der Waals surface area contributed by atoms with Crippen molar-refractivity contribution in [3.05, 3.63) is 18.5 Å². The second-order valence-electron chi connectivity index (χ2n) is 9.46. The number of hydrogen-bond acceptors (Lipinski definition) is 6. The highest BCUT2D eigenvalue weighted by Crippen LogP contribution is 2.43. The zero-order valence-electron chi connectivity index (χ0n) is 19.7. The molecule has 0 radical (unpaired) electrons. The molecule has 1 saturated carbocycles. The van der Waals surface area contributed by atoms with Gasteiger partial charge in [-0.1, -0.05) is 0 Å². The topological polar surface area (TPSA) is 128 Å². The Bertz CT molecular complexity index is 912. The number of nitrogens with zero attached hydrogens (tertiary/aromatic N) is 4. The van der Waals surface area contributed by atoms with Crippen LogP contribution in [0.15, 0.2) is 18.5 Å². The largest absolute Gasteiger partial charge is 0.490 e. The number of alkyl halides is 3. The van der Waals surface area contributed by atoms with E-state index in [1.165, 1.54) is 12.8 Å². The molecule has 10 nitrogen and oxygen atoms in total. The summed E-state index contributed by atoms with van der Waals surface area (Å²) in [6.45, 7) is 6.38. The van der Waals surface area contributed by atoms with Gasteiger partial charge < -0.3 is 25.5 Å². The third-order valence-electron chi connectivity index (χ3n) is 6.35. The molecule has 1 aromatic rings. The summed E-state index contributed by atoms with van der Waals surface area (Å²) in [5.74, 6) is -1.42. The Labute approximate surface area is 201 Å². The van der Waals surface area contributed by atoms with E-state index in [0.29, 0.717) is 25.0 Å². The summed E-state index contributed by atoms with van der Waals surface area (Å²) >= 11 is 0. The van der Waals surface area contributed by atoms with Gasteiger partial charge in [-0.25, -0.2) is 19.6 Å². The van der Waals surface area contributed by atoms with E-state index in [0.717, 1.165) is 25.9 Å². The Morgan fingerprint density at radius 3 is 2.40 bits per heavy atom. The van der Waals surface area contributed by atoms with Crippen molar-refractivity contribution in [2.45, 2.75) is 57.8 Å². The second kappa shape index (κ2) is 10.6. The van der Waals surface area contributed by atoms with E-state index in [4.69, 9.17) is 9.90 Å². The maximum absolute atomic E-state index is 13.4. The van der Waals surface area contributed by atoms with Crippen LogP contribution in [0.3, 0.4) is 0 Å². The molecular weight excluding hydrogens is 469 g/mol. The van der Waals surface area contributed by atoms with Gasteiger partial charge in [-0.2, -0.15) is 13.2 Å². The van der Waals surface area contributed by atoms with Crippen LogP contribution >= 0.6 is 0 Å². The van der Waals surface area contributed by atoms with E-state index < -0.39 is 17.6 Å². The molecule has 2 atom stereocenters. The minimum atomic E-state index is -5.08. The highest BCUT2D eigenvalue weighted by atomic mass is 19.4. The van der Waals surface area contributed by atoms with Crippen LogP contribution in [0.25, 0.3) is 0 Å². The molecule has 1 aromatic heterocycles. The monoisotopic (exact) mass is 500 g/mol. The standard InChI is InChI=1S/C20H30N6O2.C2HF3O2/c1-14(2)24-19(28)25-12-16-20(13-25,17(27)23-11-15-5-6-15)7-3-10-26(16)18-21-8-4-9-22-18;3-2(4,5)1(6)7/h4,8-9,14-16H,3,5-7,10-13H2,1-2H3,(H,23,27)(H,24,28);(H,6,7)/t16-,20-;/m1./s1. The predicted octanol–water partition coefficient (Wildman–Crippen LogP) is 2.02. The lowest BCUT2D eigenvalue weighted by molar-refractivity contribution is -0.192. The lowest BCUT2D eigenvalue weighted by Gasteiger charge is -2.44. The van der Waals surface area contributed by atoms with Crippen LogP contribution in [0.5, 0.6) is 0 Å². The molecule has 35 heavy (non-hydrogen) atoms. The molecule has 0 spiro atoms. The van der Waals surface area contributed by atoms with Gasteiger partial charge in [0.15, 0.2) is 0 Å². The Morgan fingerprint density at radius 1 is 1.23 bits per heavy atom. The smallest absolute Gasteiger partial charge is 0.475 e. The zero-order valence-corrected chi connectivity index (χ0v) is 19.7. The summed E-state index contributed by atoms with van der Waals surface area (Å²) < 4.78 is 31.7. The first-order chi connectivity index (χ1) is 16.4. The van der Waals surface area contributed by atoms with Crippen LogP contribution in [0.1, 0.15) is 39.5 Å². The third kappa shape index (κ3) is 6.51. The van der Waals surface area contributed by atoms with Crippen LogP contribution in [0.4, 0.5) is 23.9 Å². The van der Waals surface area contributed by atoms with E-state index in [1.807, 2.05) is 13.8 Å². The number of urea groups is 1. The van der Waals surface area contributed by atoms with Crippen LogP contribution in [0, 0.1) is 11.3 Å². The number of likely N-dealkylation sites (tertiary alicyclic amines) is 1. The van der Waals surface area contributed by atoms with Gasteiger partial charge in [0.2, 0.25) is 11.9 Å². The number of nitrogens with one attached hydrogen (secondary N) is 2. The number of anilines is 1. The fourth-order valence-corrected chi connectivity index (χ4v) is 4.50. The minimum Gasteiger partial charge on any atom is -0.475 e. The molecule has 0 bridgehead atoms. The molecule has 3 amide bonds. The average molecular weight is 501 g/mol. The van der Waals surface area contributed by atoms with Crippen molar-refractivity contribution < 1.29 is 32.7 Å². The first-order valence-electron chi connectivity index (χ1n) is 11.6. The summed E-state index contributed by atoms with van der Waals surface area (Å²) in [7, 11) is 0. The predicted molar refractivity (Wildman–Crippen MR) is 119 cm³/mol. The number of rotatable bonds is 5. The average Bonchev–Trinajstić information content (AvgIpc) is 3.53. The number of piperidine rings is 1. The fourth-order valence-electron chi connectivity index (χ4n) is 4.50. The second-order valence-corrected chi connectivity index (χ2v) is 9.46. The Morgan fingerprint density at radius 2 is 1.86 bits per heavy atom. The van der Waals surface area contributed by atoms with Crippen LogP contribution in [0.2, 0.25) is 0 Å². The summed E-state index contributed by atoms with van der Waals surface area (Å²) in [5, 5.41) is 13.3. The molecule has 13 heteroatoms. The van der Waals surface area contributed by atoms with Crippen LogP contribution < -0.4 is 15.5 Å². The van der Waals surface area contributed by atoms with Gasteiger partial charge in [-0.05, 0) is 51.5 Å². The van der Waals surface area contributed by atoms with E-state index >= 15 is 0 Å². The lowest BCUT2D eigenvalue weighted by atomic mass is 9.74. The van der Waals surface area contributed by atoms with Crippen molar-refractivity contribution in [2.75, 3.05) is 31.1 Å². The van der Waals surface area contributed by atoms with Crippen molar-refractivity contribution in [3.8, 4) is 0 Å². The molecule has 194 valence electrons. The van der Waals surface area contributed by atoms with Gasteiger partial charge in [0.1, 0.15) is 0 Å². The molecule has 0 unspecified atom stereocenters. The molecule has 2 saturated heterocycles. The van der Waals surface area contributed by atoms with Crippen molar-refractivity contribution in [1.82, 2.24) is 25.5 Å². The maximum atomic E-state index is 13.4. The highest BCUT2D eigenvalue weighted by molar-refractivity contribution is 5.87. The lowest BCUT2D eigenvalue weighted by Crippen LogP contribution is -2.59. The fraction of sp³-hybridized carbons (Fsp3) is 0.682. The molecule has 0 aromatic carbocycles. The van der Waals surface area contributed by atoms with Crippen LogP contribution in [-0.2, 0) is 9.59 Å². The minimum absolute atomic E-state index is 0.0586. The van der Waals surface area contributed by atoms with Gasteiger partial charge in [-0.15, -0.1) is 0 Å². The quantitative estimate of drug-likeness (QED) is 0.564. The van der Waals surface area contributed by atoms with E-state index in [9.17, 15) is 22.8 Å². The van der Waals surface area contributed by atoms with E-state index in [-0.39, 0.29) is 24.0 Å². The molecule has 3 aliphatic rings. The summed E-state index contributed by atoms with van der Waals surface area (Å²) in [6.07, 6.45) is 2.43. The summed E-state index contributed by atoms with van der Waals surface area (Å²) in [6, 6.07) is 1.64. The Kier molecular flexibility index (Phi) is 8.06. The normalized spacial score (nSPS) is 23.8. The van der Waals surface area contributed by atoms with E-state index in [1.54, 1.807) is 23.4 Å². The van der Waals surface area contributed by atoms with Gasteiger partial charge >= 0.3 is 18.2 Å². The summed E-state index contributed by atoms with van der Waals surface area (Å²) in [4.78, 5) is 47.7. The first kappa shape index (κ1) is 26.5. The van der Waals surface area contributed by atoms with Gasteiger partial charge in [0.05, 0.1) is 11.5 Å². The number of halogens is 3. The number of carbonyl (C=O) groups excluding carboxylic acids is 2. The Balaban J connectivity index is 0.000000429. The molecule has 2 aliphatic heterocycles. The molecule has 4 rings (SSSR count). The Hall–Kier alpha value is -3.12. The molecule has 3 N–H and O–H groups in total. The van der Waals surface area contributed by atoms with Crippen molar-refractivity contribution >= 4 is 23.9 Å². The molecular formula is C22H31F3N6O4. The van der Waals surface area contributed by atoms with Crippen molar-refractivity contribution in [2.24, 2.45) is 11.3 Å². The highest BCUT2D eigenvalue weighted by Gasteiger charge is 2.57. The van der Waals surface area contributed by atoms with E-state index in [2.05, 4.69) is 25.5 Å². The van der Waals surface area contributed by atoms with Crippen LogP contribution in [-0.4, -0.2) is 82.3 Å². The van der Waals surface area contributed by atoms with Gasteiger partial charge in [0, 0.05) is 44.6 Å². The number of carboxylic acids is 1. The molecule has 3 heterocycles. The van der Waals surface area contributed by atoms with Gasteiger partial charge in [0.25, 0.3) is 0 Å². The SMILES string of the molecule is CC(C)NC(=O)N1C[C@H]2N(c3ncccn3)CCC[C@@]2(C(=O)NCC2CC2)C1.O=C(O)C(F)(F)F. The van der Waals surface area contributed by atoms with Crippen molar-refractivity contribution in [3.63, 3.8) is 0 Å². The number of hydrogen-bond donors (Lipinski definition) is 3. The van der Waals surface area contributed by atoms with Crippen molar-refractivity contribution in [1.29, 1.82) is 0 Å². The number of fused-ring (bicyclic) bond motifs is 1. The zero-order chi connectivity index (χ0) is 25.8. The summed E-state index contributed by atoms with van der Waals surface area (Å²) in [5.41, 5.74) is -0.610. The maximum Gasteiger partial charge on any atom is 0.490 e. The number of carbonyl (C=O) groups is 3. The number of carboxylic acid groups (broad SMARTS) is 1. The number of aromatic nitrogens is 2.